The van der Waals surface area contributed by atoms with Gasteiger partial charge in [0, 0.05) is 17.0 Å². The van der Waals surface area contributed by atoms with Crippen molar-refractivity contribution in [2.75, 3.05) is 7.11 Å². The van der Waals surface area contributed by atoms with Crippen LogP contribution in [0.5, 0.6) is 11.5 Å². The molecule has 2 aromatic rings. The van der Waals surface area contributed by atoms with Crippen molar-refractivity contribution in [3.8, 4) is 11.5 Å². The Kier molecular flexibility index (Phi) is 5.42. The lowest BCUT2D eigenvalue weighted by molar-refractivity contribution is 0.0227. The summed E-state index contributed by atoms with van der Waals surface area (Å²) in [5.74, 6) is 1.14. The van der Waals surface area contributed by atoms with Gasteiger partial charge in [0.05, 0.1) is 18.7 Å². The van der Waals surface area contributed by atoms with Crippen molar-refractivity contribution >= 4 is 17.5 Å². The second-order valence-electron chi connectivity index (χ2n) is 6.60. The van der Waals surface area contributed by atoms with Gasteiger partial charge in [0.25, 0.3) is 5.91 Å². The maximum absolute atomic E-state index is 13.0. The highest BCUT2D eigenvalue weighted by atomic mass is 35.5. The summed E-state index contributed by atoms with van der Waals surface area (Å²) >= 11 is 6.08. The molecule has 0 saturated carbocycles. The first-order valence-electron chi connectivity index (χ1n) is 8.94. The molecule has 4 nitrogen and oxygen atoms in total. The molecule has 0 spiro atoms. The van der Waals surface area contributed by atoms with Crippen LogP contribution in [0.4, 0.5) is 0 Å². The van der Waals surface area contributed by atoms with E-state index >= 15 is 0 Å². The van der Waals surface area contributed by atoms with Crippen LogP contribution in [-0.4, -0.2) is 18.6 Å². The summed E-state index contributed by atoms with van der Waals surface area (Å²) in [5, 5.41) is 3.66. The van der Waals surface area contributed by atoms with Crippen LogP contribution in [0.3, 0.4) is 0 Å². The fourth-order valence-corrected chi connectivity index (χ4v) is 3.70. The van der Waals surface area contributed by atoms with Crippen molar-refractivity contribution in [3.63, 3.8) is 0 Å². The third-order valence-electron chi connectivity index (χ3n) is 5.20. The zero-order valence-electron chi connectivity index (χ0n) is 15.3. The molecule has 1 aliphatic heterocycles. The third-order valence-corrected chi connectivity index (χ3v) is 5.43. The summed E-state index contributed by atoms with van der Waals surface area (Å²) in [7, 11) is 1.54. The predicted octanol–water partition coefficient (Wildman–Crippen LogP) is 5.16. The summed E-state index contributed by atoms with van der Waals surface area (Å²) in [6.45, 7) is 4.24. The molecule has 0 bridgehead atoms. The van der Waals surface area contributed by atoms with Crippen LogP contribution in [0.15, 0.2) is 42.5 Å². The highest BCUT2D eigenvalue weighted by Gasteiger charge is 2.39. The number of benzene rings is 2. The molecule has 26 heavy (non-hydrogen) atoms. The number of carbonyl (C=O) groups is 1. The highest BCUT2D eigenvalue weighted by molar-refractivity contribution is 6.31. The van der Waals surface area contributed by atoms with Gasteiger partial charge in [0.2, 0.25) is 0 Å². The fourth-order valence-electron chi connectivity index (χ4n) is 3.52. The Morgan fingerprint density at radius 2 is 2.00 bits per heavy atom. The van der Waals surface area contributed by atoms with E-state index in [0.717, 1.165) is 30.6 Å². The number of para-hydroxylation sites is 1. The van der Waals surface area contributed by atoms with Crippen LogP contribution in [0, 0.1) is 0 Å². The van der Waals surface area contributed by atoms with Gasteiger partial charge in [-0.05, 0) is 37.1 Å². The lowest BCUT2D eigenvalue weighted by Crippen LogP contribution is -2.44. The molecule has 1 heterocycles. The maximum Gasteiger partial charge on any atom is 0.255 e. The van der Waals surface area contributed by atoms with Crippen molar-refractivity contribution in [2.24, 2.45) is 0 Å². The Balaban J connectivity index is 1.93. The molecule has 1 aliphatic rings. The number of rotatable bonds is 5. The average molecular weight is 374 g/mol. The summed E-state index contributed by atoms with van der Waals surface area (Å²) in [6, 6.07) is 12.8. The van der Waals surface area contributed by atoms with Crippen LogP contribution in [0.1, 0.15) is 55.1 Å². The Bertz CT molecular complexity index is 802. The number of amides is 1. The van der Waals surface area contributed by atoms with Crippen LogP contribution in [-0.2, 0) is 0 Å². The number of hydrogen-bond donors (Lipinski definition) is 1. The number of fused-ring (bicyclic) bond motifs is 1. The molecule has 1 amide bonds. The quantitative estimate of drug-likeness (QED) is 0.787. The fraction of sp³-hybridized carbons (Fsp3) is 0.381. The second kappa shape index (κ2) is 7.58. The van der Waals surface area contributed by atoms with Crippen molar-refractivity contribution < 1.29 is 14.3 Å². The number of hydrogen-bond acceptors (Lipinski definition) is 3. The second-order valence-corrected chi connectivity index (χ2v) is 7.04. The van der Waals surface area contributed by atoms with E-state index in [1.807, 2.05) is 24.3 Å². The van der Waals surface area contributed by atoms with Gasteiger partial charge in [-0.3, -0.25) is 4.79 Å². The Hall–Kier alpha value is -2.20. The zero-order valence-corrected chi connectivity index (χ0v) is 16.1. The molecule has 0 saturated heterocycles. The number of nitrogens with one attached hydrogen (secondary N) is 1. The summed E-state index contributed by atoms with van der Waals surface area (Å²) in [4.78, 5) is 13.0. The predicted molar refractivity (Wildman–Crippen MR) is 103 cm³/mol. The number of carbonyl (C=O) groups excluding carboxylic acids is 1. The van der Waals surface area contributed by atoms with E-state index in [9.17, 15) is 4.79 Å². The van der Waals surface area contributed by atoms with Crippen molar-refractivity contribution in [2.45, 2.75) is 44.8 Å². The van der Waals surface area contributed by atoms with Crippen molar-refractivity contribution in [1.82, 2.24) is 5.32 Å². The van der Waals surface area contributed by atoms with E-state index < -0.39 is 0 Å². The minimum Gasteiger partial charge on any atom is -0.496 e. The van der Waals surface area contributed by atoms with Gasteiger partial charge in [0.1, 0.15) is 17.1 Å². The molecule has 0 fully saturated rings. The lowest BCUT2D eigenvalue weighted by atomic mass is 9.83. The SMILES string of the molecule is CCC1(CC)CC(NC(=O)c2cc(Cl)ccc2OC)c2ccccc2O1. The highest BCUT2D eigenvalue weighted by Crippen LogP contribution is 2.42. The van der Waals surface area contributed by atoms with E-state index in [1.165, 1.54) is 0 Å². The topological polar surface area (TPSA) is 47.6 Å². The van der Waals surface area contributed by atoms with Crippen molar-refractivity contribution in [3.05, 3.63) is 58.6 Å². The molecule has 0 radical (unpaired) electrons. The molecular weight excluding hydrogens is 350 g/mol. The average Bonchev–Trinajstić information content (AvgIpc) is 2.67. The Morgan fingerprint density at radius 3 is 2.69 bits per heavy atom. The van der Waals surface area contributed by atoms with Crippen LogP contribution < -0.4 is 14.8 Å². The zero-order chi connectivity index (χ0) is 18.7. The first-order chi connectivity index (χ1) is 12.5. The Morgan fingerprint density at radius 1 is 1.27 bits per heavy atom. The monoisotopic (exact) mass is 373 g/mol. The van der Waals surface area contributed by atoms with Gasteiger partial charge in [-0.2, -0.15) is 0 Å². The number of methoxy groups -OCH3 is 1. The smallest absolute Gasteiger partial charge is 0.255 e. The van der Waals surface area contributed by atoms with Crippen LogP contribution in [0.2, 0.25) is 5.02 Å². The van der Waals surface area contributed by atoms with E-state index in [0.29, 0.717) is 16.3 Å². The minimum absolute atomic E-state index is 0.129. The molecule has 0 aliphatic carbocycles. The molecule has 1 atom stereocenters. The first kappa shape index (κ1) is 18.6. The maximum atomic E-state index is 13.0. The molecule has 1 N–H and O–H groups in total. The molecular formula is C21H24ClNO3. The summed E-state index contributed by atoms with van der Waals surface area (Å²) < 4.78 is 11.6. The van der Waals surface area contributed by atoms with Gasteiger partial charge >= 0.3 is 0 Å². The number of ether oxygens (including phenoxy) is 2. The van der Waals surface area contributed by atoms with Crippen molar-refractivity contribution in [1.29, 1.82) is 0 Å². The van der Waals surface area contributed by atoms with Gasteiger partial charge in [-0.15, -0.1) is 0 Å². The summed E-state index contributed by atoms with van der Waals surface area (Å²) in [6.07, 6.45) is 2.49. The lowest BCUT2D eigenvalue weighted by Gasteiger charge is -2.41. The van der Waals surface area contributed by atoms with Gasteiger partial charge < -0.3 is 14.8 Å². The van der Waals surface area contributed by atoms with Gasteiger partial charge in [-0.25, -0.2) is 0 Å². The largest absolute Gasteiger partial charge is 0.496 e. The van der Waals surface area contributed by atoms with E-state index in [4.69, 9.17) is 21.1 Å². The third kappa shape index (κ3) is 3.51. The van der Waals surface area contributed by atoms with Crippen LogP contribution in [0.25, 0.3) is 0 Å². The minimum atomic E-state index is -0.273. The van der Waals surface area contributed by atoms with E-state index in [-0.39, 0.29) is 17.6 Å². The molecule has 2 aromatic carbocycles. The molecule has 138 valence electrons. The summed E-state index contributed by atoms with van der Waals surface area (Å²) in [5.41, 5.74) is 1.16. The molecule has 1 unspecified atom stereocenters. The normalized spacial score (nSPS) is 17.8. The molecule has 3 rings (SSSR count). The standard InChI is InChI=1S/C21H24ClNO3/c1-4-21(5-2)13-17(15-8-6-7-9-19(15)26-21)23-20(24)16-12-14(22)10-11-18(16)25-3/h6-12,17H,4-5,13H2,1-3H3,(H,23,24). The van der Waals surface area contributed by atoms with E-state index in [1.54, 1.807) is 25.3 Å². The Labute approximate surface area is 159 Å². The molecule has 5 heteroatoms. The molecule has 0 aromatic heterocycles. The number of halogens is 1. The first-order valence-corrected chi connectivity index (χ1v) is 9.32. The van der Waals surface area contributed by atoms with Gasteiger partial charge in [-0.1, -0.05) is 43.6 Å². The van der Waals surface area contributed by atoms with E-state index in [2.05, 4.69) is 19.2 Å². The van der Waals surface area contributed by atoms with Crippen LogP contribution >= 0.6 is 11.6 Å². The van der Waals surface area contributed by atoms with Gasteiger partial charge in [0.15, 0.2) is 0 Å².